The van der Waals surface area contributed by atoms with Crippen molar-refractivity contribution in [1.82, 2.24) is 24.7 Å². The molecule has 2 amide bonds. The summed E-state index contributed by atoms with van der Waals surface area (Å²) >= 11 is 0. The smallest absolute Gasteiger partial charge is 0.261 e. The first-order chi connectivity index (χ1) is 21.5. The molecule has 45 heavy (non-hydrogen) atoms. The Morgan fingerprint density at radius 3 is 2.22 bits per heavy atom. The number of nitrogens with one attached hydrogen (secondary N) is 1. The van der Waals surface area contributed by atoms with Crippen LogP contribution in [-0.2, 0) is 15.4 Å². The molecule has 2 saturated heterocycles. The van der Waals surface area contributed by atoms with Gasteiger partial charge in [0, 0.05) is 56.1 Å². The summed E-state index contributed by atoms with van der Waals surface area (Å²) in [5, 5.41) is 0. The van der Waals surface area contributed by atoms with Crippen molar-refractivity contribution >= 4 is 27.5 Å². The van der Waals surface area contributed by atoms with Crippen LogP contribution < -0.4 is 4.72 Å². The van der Waals surface area contributed by atoms with Crippen molar-refractivity contribution < 1.29 is 18.0 Å². The van der Waals surface area contributed by atoms with E-state index in [1.807, 2.05) is 35.9 Å². The third-order valence-corrected chi connectivity index (χ3v) is 10.2. The Morgan fingerprint density at radius 1 is 0.933 bits per heavy atom. The van der Waals surface area contributed by atoms with Crippen molar-refractivity contribution in [3.8, 4) is 0 Å². The van der Waals surface area contributed by atoms with Crippen molar-refractivity contribution in [3.63, 3.8) is 0 Å². The molecule has 1 unspecified atom stereocenters. The number of aromatic nitrogens is 2. The molecule has 10 nitrogen and oxygen atoms in total. The number of rotatable bonds is 8. The number of hydrogen-bond acceptors (Lipinski definition) is 7. The van der Waals surface area contributed by atoms with Gasteiger partial charge in [-0.2, -0.15) is 0 Å². The fourth-order valence-corrected chi connectivity index (χ4v) is 7.68. The van der Waals surface area contributed by atoms with Gasteiger partial charge in [0.1, 0.15) is 6.33 Å². The highest BCUT2D eigenvalue weighted by Crippen LogP contribution is 2.40. The third kappa shape index (κ3) is 6.64. The second kappa shape index (κ2) is 12.4. The normalized spacial score (nSPS) is 19.7. The van der Waals surface area contributed by atoms with Crippen LogP contribution in [-0.4, -0.2) is 90.4 Å². The van der Waals surface area contributed by atoms with E-state index in [0.29, 0.717) is 53.8 Å². The van der Waals surface area contributed by atoms with Crippen LogP contribution >= 0.6 is 0 Å². The summed E-state index contributed by atoms with van der Waals surface area (Å²) in [6.45, 7) is 8.45. The van der Waals surface area contributed by atoms with Crippen LogP contribution in [0.15, 0.2) is 72.7 Å². The van der Waals surface area contributed by atoms with E-state index in [9.17, 15) is 18.0 Å². The van der Waals surface area contributed by atoms with Crippen LogP contribution in [0.5, 0.6) is 0 Å². The maximum absolute atomic E-state index is 13.4. The van der Waals surface area contributed by atoms with E-state index < -0.39 is 10.0 Å². The molecule has 3 aliphatic heterocycles. The van der Waals surface area contributed by atoms with Crippen LogP contribution in [0.4, 0.5) is 5.69 Å². The van der Waals surface area contributed by atoms with Gasteiger partial charge in [0.2, 0.25) is 10.0 Å². The summed E-state index contributed by atoms with van der Waals surface area (Å²) in [5.74, 6) is 0.281. The molecule has 3 aliphatic rings. The molecular formula is C34H40N6O4S. The second-order valence-electron chi connectivity index (χ2n) is 12.7. The average molecular weight is 629 g/mol. The van der Waals surface area contributed by atoms with Crippen molar-refractivity contribution in [2.24, 2.45) is 5.92 Å². The molecule has 1 aromatic heterocycles. The quantitative estimate of drug-likeness (QED) is 0.401. The zero-order valence-corrected chi connectivity index (χ0v) is 26.9. The molecule has 3 aromatic rings. The van der Waals surface area contributed by atoms with E-state index in [0.717, 1.165) is 45.2 Å². The fourth-order valence-electron chi connectivity index (χ4n) is 7.11. The molecule has 2 aromatic carbocycles. The Hall–Kier alpha value is -4.09. The first kappa shape index (κ1) is 30.9. The van der Waals surface area contributed by atoms with Crippen LogP contribution in [0.3, 0.4) is 0 Å². The third-order valence-electron chi connectivity index (χ3n) is 9.58. The number of amides is 2. The highest BCUT2D eigenvalue weighted by Gasteiger charge is 2.40. The zero-order chi connectivity index (χ0) is 31.8. The molecule has 11 heteroatoms. The second-order valence-corrected chi connectivity index (χ2v) is 14.4. The number of hydrogen-bond donors (Lipinski definition) is 1. The molecule has 236 valence electrons. The minimum atomic E-state index is -3.38. The standard InChI is InChI=1S/C34H40N6O4S/c1-24-31(25(2)36-23-35-24)33(42)40-21-27-19-38(20-28(27)22-40)16-13-34(29-7-5-4-6-8-29)14-17-39(18-15-34)32(41)26-9-11-30(12-10-26)37-45(3,43)44/h4-12,21,23,28,37H,13-20,22H2,1-3H3. The Bertz CT molecular complexity index is 1700. The molecule has 0 saturated carbocycles. The van der Waals surface area contributed by atoms with Crippen molar-refractivity contribution in [3.05, 3.63) is 101 Å². The van der Waals surface area contributed by atoms with Gasteiger partial charge >= 0.3 is 0 Å². The molecule has 4 heterocycles. The van der Waals surface area contributed by atoms with Gasteiger partial charge < -0.3 is 9.80 Å². The predicted octanol–water partition coefficient (Wildman–Crippen LogP) is 4.00. The average Bonchev–Trinajstić information content (AvgIpc) is 3.59. The maximum atomic E-state index is 13.4. The Balaban J connectivity index is 1.09. The van der Waals surface area contributed by atoms with Crippen LogP contribution in [0, 0.1) is 19.8 Å². The maximum Gasteiger partial charge on any atom is 0.261 e. The Kier molecular flexibility index (Phi) is 8.49. The zero-order valence-electron chi connectivity index (χ0n) is 26.1. The molecule has 0 aliphatic carbocycles. The van der Waals surface area contributed by atoms with E-state index in [1.165, 1.54) is 17.5 Å². The Labute approximate surface area is 265 Å². The Morgan fingerprint density at radius 2 is 1.60 bits per heavy atom. The number of anilines is 1. The van der Waals surface area contributed by atoms with E-state index >= 15 is 0 Å². The van der Waals surface area contributed by atoms with E-state index in [-0.39, 0.29) is 17.2 Å². The highest BCUT2D eigenvalue weighted by molar-refractivity contribution is 7.92. The fraction of sp³-hybridized carbons (Fsp3) is 0.412. The summed E-state index contributed by atoms with van der Waals surface area (Å²) < 4.78 is 25.5. The van der Waals surface area contributed by atoms with E-state index in [2.05, 4.69) is 43.9 Å². The van der Waals surface area contributed by atoms with Crippen molar-refractivity contribution in [1.29, 1.82) is 0 Å². The number of benzene rings is 2. The summed E-state index contributed by atoms with van der Waals surface area (Å²) in [6.07, 6.45) is 7.38. The summed E-state index contributed by atoms with van der Waals surface area (Å²) in [7, 11) is -3.38. The van der Waals surface area contributed by atoms with Crippen LogP contribution in [0.2, 0.25) is 0 Å². The number of nitrogens with zero attached hydrogens (tertiary/aromatic N) is 5. The van der Waals surface area contributed by atoms with Crippen LogP contribution in [0.1, 0.15) is 56.9 Å². The molecule has 0 bridgehead atoms. The van der Waals surface area contributed by atoms with Crippen molar-refractivity contribution in [2.75, 3.05) is 50.2 Å². The monoisotopic (exact) mass is 628 g/mol. The first-order valence-corrected chi connectivity index (χ1v) is 17.4. The molecular weight excluding hydrogens is 588 g/mol. The topological polar surface area (TPSA) is 116 Å². The lowest BCUT2D eigenvalue weighted by Gasteiger charge is -2.43. The molecule has 0 radical (unpaired) electrons. The van der Waals surface area contributed by atoms with E-state index in [4.69, 9.17) is 0 Å². The van der Waals surface area contributed by atoms with Gasteiger partial charge in [-0.25, -0.2) is 18.4 Å². The van der Waals surface area contributed by atoms with Gasteiger partial charge in [0.15, 0.2) is 0 Å². The molecule has 6 rings (SSSR count). The van der Waals surface area contributed by atoms with Gasteiger partial charge in [-0.05, 0) is 80.5 Å². The molecule has 2 fully saturated rings. The predicted molar refractivity (Wildman–Crippen MR) is 173 cm³/mol. The number of likely N-dealkylation sites (tertiary alicyclic amines) is 2. The minimum Gasteiger partial charge on any atom is -0.339 e. The SMILES string of the molecule is Cc1ncnc(C)c1C(=O)N1C=C2CN(CCC3(c4ccccc4)CCN(C(=O)c4ccc(NS(C)(=O)=O)cc4)CC3)CC2C1. The summed E-state index contributed by atoms with van der Waals surface area (Å²) in [6, 6.07) is 17.3. The lowest BCUT2D eigenvalue weighted by Crippen LogP contribution is -2.46. The van der Waals surface area contributed by atoms with Gasteiger partial charge in [0.25, 0.3) is 11.8 Å². The highest BCUT2D eigenvalue weighted by atomic mass is 32.2. The molecule has 1 atom stereocenters. The van der Waals surface area contributed by atoms with Gasteiger partial charge in [0.05, 0.1) is 23.2 Å². The van der Waals surface area contributed by atoms with Crippen LogP contribution in [0.25, 0.3) is 0 Å². The van der Waals surface area contributed by atoms with Gasteiger partial charge in [-0.3, -0.25) is 19.2 Å². The molecule has 0 spiro atoms. The van der Waals surface area contributed by atoms with Gasteiger partial charge in [-0.15, -0.1) is 0 Å². The number of piperidine rings is 1. The number of aryl methyl sites for hydroxylation is 2. The lowest BCUT2D eigenvalue weighted by atomic mass is 9.70. The number of sulfonamides is 1. The lowest BCUT2D eigenvalue weighted by molar-refractivity contribution is 0.0650. The number of carbonyl (C=O) groups excluding carboxylic acids is 2. The largest absolute Gasteiger partial charge is 0.339 e. The van der Waals surface area contributed by atoms with Gasteiger partial charge in [-0.1, -0.05) is 30.3 Å². The molecule has 1 N–H and O–H groups in total. The number of carbonyl (C=O) groups is 2. The number of fused-ring (bicyclic) bond motifs is 1. The van der Waals surface area contributed by atoms with Crippen molar-refractivity contribution in [2.45, 2.75) is 38.5 Å². The van der Waals surface area contributed by atoms with E-state index in [1.54, 1.807) is 24.3 Å². The first-order valence-electron chi connectivity index (χ1n) is 15.5. The minimum absolute atomic E-state index is 0.0232. The summed E-state index contributed by atoms with van der Waals surface area (Å²) in [5.41, 5.74) is 5.61. The summed E-state index contributed by atoms with van der Waals surface area (Å²) in [4.78, 5) is 41.4.